The molecule has 0 atom stereocenters. The SMILES string of the molecule is CS(=O)(=O)c1ccc(N2CCOCC2)cc1NC=C(C#N)C#N. The minimum Gasteiger partial charge on any atom is -0.378 e. The van der Waals surface area contributed by atoms with Gasteiger partial charge in [0.2, 0.25) is 0 Å². The second-order valence-corrected chi connectivity index (χ2v) is 6.96. The summed E-state index contributed by atoms with van der Waals surface area (Å²) >= 11 is 0. The number of nitriles is 2. The van der Waals surface area contributed by atoms with Crippen LogP contribution in [0.3, 0.4) is 0 Å². The third-order valence-corrected chi connectivity index (χ3v) is 4.51. The summed E-state index contributed by atoms with van der Waals surface area (Å²) in [5.74, 6) is 0. The largest absolute Gasteiger partial charge is 0.378 e. The van der Waals surface area contributed by atoms with Gasteiger partial charge in [0.1, 0.15) is 17.7 Å². The zero-order valence-corrected chi connectivity index (χ0v) is 13.4. The second-order valence-electron chi connectivity index (χ2n) is 4.98. The van der Waals surface area contributed by atoms with Crippen molar-refractivity contribution in [3.8, 4) is 12.1 Å². The van der Waals surface area contributed by atoms with Crippen LogP contribution in [0.5, 0.6) is 0 Å². The van der Waals surface area contributed by atoms with Crippen molar-refractivity contribution in [2.45, 2.75) is 4.90 Å². The van der Waals surface area contributed by atoms with E-state index < -0.39 is 9.84 Å². The van der Waals surface area contributed by atoms with Crippen molar-refractivity contribution in [2.24, 2.45) is 0 Å². The van der Waals surface area contributed by atoms with Gasteiger partial charge in [-0.25, -0.2) is 8.42 Å². The molecular formula is C15H16N4O3S. The van der Waals surface area contributed by atoms with Gasteiger partial charge in [-0.15, -0.1) is 0 Å². The second kappa shape index (κ2) is 7.14. The molecule has 0 aliphatic carbocycles. The number of anilines is 2. The van der Waals surface area contributed by atoms with Crippen LogP contribution in [0.1, 0.15) is 0 Å². The fourth-order valence-electron chi connectivity index (χ4n) is 2.21. The van der Waals surface area contributed by atoms with Crippen LogP contribution in [0, 0.1) is 22.7 Å². The fourth-order valence-corrected chi connectivity index (χ4v) is 3.04. The average molecular weight is 332 g/mol. The monoisotopic (exact) mass is 332 g/mol. The van der Waals surface area contributed by atoms with Gasteiger partial charge in [0.25, 0.3) is 0 Å². The minimum atomic E-state index is -3.44. The highest BCUT2D eigenvalue weighted by Crippen LogP contribution is 2.28. The van der Waals surface area contributed by atoms with Crippen LogP contribution < -0.4 is 10.2 Å². The molecule has 0 aromatic heterocycles. The molecule has 0 radical (unpaired) electrons. The van der Waals surface area contributed by atoms with E-state index in [1.54, 1.807) is 24.3 Å². The van der Waals surface area contributed by atoms with Crippen molar-refractivity contribution < 1.29 is 13.2 Å². The van der Waals surface area contributed by atoms with Crippen molar-refractivity contribution in [3.05, 3.63) is 30.0 Å². The molecule has 1 saturated heterocycles. The fraction of sp³-hybridized carbons (Fsp3) is 0.333. The van der Waals surface area contributed by atoms with Crippen LogP contribution in [-0.4, -0.2) is 41.0 Å². The highest BCUT2D eigenvalue weighted by Gasteiger charge is 2.17. The molecule has 0 amide bonds. The first kappa shape index (κ1) is 16.8. The van der Waals surface area contributed by atoms with Gasteiger partial charge in [-0.1, -0.05) is 0 Å². The maximum absolute atomic E-state index is 11.9. The molecule has 1 aliphatic heterocycles. The van der Waals surface area contributed by atoms with E-state index in [9.17, 15) is 8.42 Å². The Morgan fingerprint density at radius 1 is 1.30 bits per heavy atom. The molecule has 7 nitrogen and oxygen atoms in total. The Morgan fingerprint density at radius 3 is 2.52 bits per heavy atom. The van der Waals surface area contributed by atoms with Crippen molar-refractivity contribution in [3.63, 3.8) is 0 Å². The van der Waals surface area contributed by atoms with Crippen molar-refractivity contribution in [1.29, 1.82) is 10.5 Å². The maximum Gasteiger partial charge on any atom is 0.177 e. The van der Waals surface area contributed by atoms with Gasteiger partial charge in [-0.05, 0) is 18.2 Å². The van der Waals surface area contributed by atoms with Gasteiger partial charge in [-0.2, -0.15) is 10.5 Å². The highest BCUT2D eigenvalue weighted by molar-refractivity contribution is 7.90. The molecule has 1 aromatic rings. The molecular weight excluding hydrogens is 316 g/mol. The van der Waals surface area contributed by atoms with Crippen molar-refractivity contribution in [2.75, 3.05) is 42.8 Å². The van der Waals surface area contributed by atoms with Crippen LogP contribution in [0.25, 0.3) is 0 Å². The molecule has 23 heavy (non-hydrogen) atoms. The zero-order chi connectivity index (χ0) is 16.9. The molecule has 2 rings (SSSR count). The molecule has 8 heteroatoms. The number of rotatable bonds is 4. The summed E-state index contributed by atoms with van der Waals surface area (Å²) in [4.78, 5) is 2.20. The van der Waals surface area contributed by atoms with Gasteiger partial charge < -0.3 is 15.0 Å². The number of sulfone groups is 1. The quantitative estimate of drug-likeness (QED) is 0.827. The smallest absolute Gasteiger partial charge is 0.177 e. The summed E-state index contributed by atoms with van der Waals surface area (Å²) in [5.41, 5.74) is 1.05. The molecule has 0 bridgehead atoms. The number of ether oxygens (including phenoxy) is 1. The van der Waals surface area contributed by atoms with Gasteiger partial charge in [0.15, 0.2) is 9.84 Å². The Hall–Kier alpha value is -2.55. The number of morpholine rings is 1. The third kappa shape index (κ3) is 4.22. The molecule has 1 heterocycles. The predicted octanol–water partition coefficient (Wildman–Crippen LogP) is 1.27. The third-order valence-electron chi connectivity index (χ3n) is 3.35. The van der Waals surface area contributed by atoms with Crippen molar-refractivity contribution in [1.82, 2.24) is 0 Å². The summed E-state index contributed by atoms with van der Waals surface area (Å²) in [6.07, 6.45) is 2.31. The Kier molecular flexibility index (Phi) is 5.22. The highest BCUT2D eigenvalue weighted by atomic mass is 32.2. The molecule has 0 spiro atoms. The average Bonchev–Trinajstić information content (AvgIpc) is 2.55. The lowest BCUT2D eigenvalue weighted by molar-refractivity contribution is 0.122. The van der Waals surface area contributed by atoms with E-state index in [-0.39, 0.29) is 10.5 Å². The molecule has 1 fully saturated rings. The van der Waals surface area contributed by atoms with Gasteiger partial charge in [0.05, 0.1) is 23.8 Å². The normalized spacial score (nSPS) is 14.5. The van der Waals surface area contributed by atoms with E-state index in [1.807, 2.05) is 0 Å². The number of hydrogen-bond donors (Lipinski definition) is 1. The number of nitrogens with one attached hydrogen (secondary N) is 1. The summed E-state index contributed by atoms with van der Waals surface area (Å²) in [6, 6.07) is 8.40. The van der Waals surface area contributed by atoms with E-state index >= 15 is 0 Å². The summed E-state index contributed by atoms with van der Waals surface area (Å²) in [7, 11) is -3.44. The lowest BCUT2D eigenvalue weighted by atomic mass is 10.2. The van der Waals surface area contributed by atoms with E-state index in [0.717, 1.165) is 25.0 Å². The Balaban J connectivity index is 2.40. The molecule has 0 saturated carbocycles. The Labute approximate surface area is 135 Å². The lowest BCUT2D eigenvalue weighted by Gasteiger charge is -2.29. The van der Waals surface area contributed by atoms with Crippen LogP contribution in [0.4, 0.5) is 11.4 Å². The van der Waals surface area contributed by atoms with Crippen LogP contribution in [0.2, 0.25) is 0 Å². The molecule has 1 aliphatic rings. The Morgan fingerprint density at radius 2 is 1.96 bits per heavy atom. The van der Waals surface area contributed by atoms with E-state index in [1.165, 1.54) is 12.3 Å². The number of hydrogen-bond acceptors (Lipinski definition) is 7. The van der Waals surface area contributed by atoms with Crippen LogP contribution in [-0.2, 0) is 14.6 Å². The first-order valence-electron chi connectivity index (χ1n) is 6.89. The summed E-state index contributed by atoms with van der Waals surface area (Å²) in [6.45, 7) is 2.66. The molecule has 1 aromatic carbocycles. The van der Waals surface area contributed by atoms with Crippen LogP contribution >= 0.6 is 0 Å². The topological polar surface area (TPSA) is 106 Å². The summed E-state index contributed by atoms with van der Waals surface area (Å²) in [5, 5.41) is 20.3. The minimum absolute atomic E-state index is 0.112. The van der Waals surface area contributed by atoms with E-state index in [2.05, 4.69) is 10.2 Å². The maximum atomic E-state index is 11.9. The first-order chi connectivity index (χ1) is 11.0. The Bertz CT molecular complexity index is 781. The predicted molar refractivity (Wildman–Crippen MR) is 85.5 cm³/mol. The van der Waals surface area contributed by atoms with E-state index in [4.69, 9.17) is 15.3 Å². The first-order valence-corrected chi connectivity index (χ1v) is 8.78. The number of allylic oxidation sites excluding steroid dienone is 1. The van der Waals surface area contributed by atoms with Crippen LogP contribution in [0.15, 0.2) is 34.9 Å². The molecule has 0 unspecified atom stereocenters. The summed E-state index contributed by atoms with van der Waals surface area (Å²) < 4.78 is 29.1. The van der Waals surface area contributed by atoms with E-state index in [0.29, 0.717) is 18.9 Å². The zero-order valence-electron chi connectivity index (χ0n) is 12.6. The molecule has 120 valence electrons. The molecule has 1 N–H and O–H groups in total. The number of nitrogens with zero attached hydrogens (tertiary/aromatic N) is 3. The van der Waals surface area contributed by atoms with Crippen molar-refractivity contribution >= 4 is 21.2 Å². The van der Waals surface area contributed by atoms with Gasteiger partial charge in [-0.3, -0.25) is 0 Å². The lowest BCUT2D eigenvalue weighted by Crippen LogP contribution is -2.36. The number of benzene rings is 1. The standard InChI is InChI=1S/C15H16N4O3S/c1-23(20,21)15-3-2-13(19-4-6-22-7-5-19)8-14(15)18-11-12(9-16)10-17/h2-3,8,11,18H,4-7H2,1H3. The van der Waals surface area contributed by atoms with Gasteiger partial charge >= 0.3 is 0 Å². The van der Waals surface area contributed by atoms with Gasteiger partial charge in [0, 0.05) is 31.2 Å².